The minimum absolute atomic E-state index is 0.0540. The number of hydrogen-bond acceptors (Lipinski definition) is 6. The van der Waals surface area contributed by atoms with Crippen molar-refractivity contribution in [1.82, 2.24) is 4.90 Å². The molecule has 1 heterocycles. The molecule has 0 saturated carbocycles. The number of ether oxygens (including phenoxy) is 1. The minimum Gasteiger partial charge on any atom is -0.494 e. The first-order chi connectivity index (χ1) is 20.2. The standard InChI is InChI=1S/C33H40N2O5S2/c1-5-8-20-40-26(4)14-19-32(6-2)42(38,39)35(7-3)30-17-15-28(16-18-30)29-21-31(41-25-29)23-34(24-33(36)37)22-27-12-10-9-11-13-27/h6,9-19,21,25H,4-5,7-8,20,22-24H2,1-3H3,(H,36,37)/b19-14-,32-6+. The Morgan fingerprint density at radius 2 is 1.74 bits per heavy atom. The van der Waals surface area contributed by atoms with Gasteiger partial charge < -0.3 is 9.84 Å². The van der Waals surface area contributed by atoms with Crippen LogP contribution in [0.2, 0.25) is 0 Å². The second-order valence-corrected chi connectivity index (χ2v) is 12.6. The quantitative estimate of drug-likeness (QED) is 0.0973. The Morgan fingerprint density at radius 1 is 1.02 bits per heavy atom. The van der Waals surface area contributed by atoms with Gasteiger partial charge in [0.15, 0.2) is 0 Å². The van der Waals surface area contributed by atoms with E-state index in [2.05, 4.69) is 19.6 Å². The van der Waals surface area contributed by atoms with Gasteiger partial charge in [-0.05, 0) is 72.7 Å². The fourth-order valence-corrected chi connectivity index (χ4v) is 6.84. The summed E-state index contributed by atoms with van der Waals surface area (Å²) in [4.78, 5) is 14.6. The first kappa shape index (κ1) is 32.8. The maximum atomic E-state index is 13.5. The maximum Gasteiger partial charge on any atom is 0.317 e. The summed E-state index contributed by atoms with van der Waals surface area (Å²) in [7, 11) is -3.80. The van der Waals surface area contributed by atoms with Crippen LogP contribution in [-0.2, 0) is 32.6 Å². The number of unbranched alkanes of at least 4 members (excludes halogenated alkanes) is 1. The summed E-state index contributed by atoms with van der Waals surface area (Å²) in [6.45, 7) is 11.2. The third-order valence-corrected chi connectivity index (χ3v) is 9.45. The average molecular weight is 609 g/mol. The van der Waals surface area contributed by atoms with Crippen LogP contribution in [0.15, 0.2) is 102 Å². The van der Waals surface area contributed by atoms with Gasteiger partial charge in [-0.2, -0.15) is 0 Å². The molecule has 2 aromatic carbocycles. The lowest BCUT2D eigenvalue weighted by molar-refractivity contribution is -0.138. The van der Waals surface area contributed by atoms with E-state index in [1.54, 1.807) is 37.3 Å². The molecule has 0 unspecified atom stereocenters. The fraction of sp³-hybridized carbons (Fsp3) is 0.303. The van der Waals surface area contributed by atoms with Crippen molar-refractivity contribution in [3.63, 3.8) is 0 Å². The molecule has 0 fully saturated rings. The molecule has 7 nitrogen and oxygen atoms in total. The highest BCUT2D eigenvalue weighted by Crippen LogP contribution is 2.30. The second kappa shape index (κ2) is 16.1. The van der Waals surface area contributed by atoms with E-state index < -0.39 is 16.0 Å². The van der Waals surface area contributed by atoms with Crippen molar-refractivity contribution >= 4 is 33.0 Å². The SMILES string of the molecule is C=C(/C=C\C(=C/C)S(=O)(=O)N(CC)c1ccc(-c2csc(CN(CC(=O)O)Cc3ccccc3)c2)cc1)OCCCC. The van der Waals surface area contributed by atoms with E-state index >= 15 is 0 Å². The predicted octanol–water partition coefficient (Wildman–Crippen LogP) is 7.45. The van der Waals surface area contributed by atoms with Gasteiger partial charge in [0.1, 0.15) is 5.76 Å². The molecular formula is C33H40N2O5S2. The van der Waals surface area contributed by atoms with E-state index in [1.807, 2.05) is 64.9 Å². The number of benzene rings is 2. The largest absolute Gasteiger partial charge is 0.494 e. The molecule has 3 aromatic rings. The first-order valence-corrected chi connectivity index (χ1v) is 16.3. The zero-order valence-corrected chi connectivity index (χ0v) is 26.2. The van der Waals surface area contributed by atoms with E-state index in [0.29, 0.717) is 31.1 Å². The van der Waals surface area contributed by atoms with Gasteiger partial charge in [0.2, 0.25) is 0 Å². The van der Waals surface area contributed by atoms with Gasteiger partial charge in [0.05, 0.1) is 23.7 Å². The third kappa shape index (κ3) is 9.44. The Kier molecular flexibility index (Phi) is 12.6. The lowest BCUT2D eigenvalue weighted by Crippen LogP contribution is -2.31. The van der Waals surface area contributed by atoms with Gasteiger partial charge >= 0.3 is 5.97 Å². The molecule has 42 heavy (non-hydrogen) atoms. The molecule has 0 aliphatic rings. The molecule has 0 radical (unpaired) electrons. The number of aliphatic carboxylic acids is 1. The number of hydrogen-bond donors (Lipinski definition) is 1. The fourth-order valence-electron chi connectivity index (χ4n) is 4.38. The molecule has 0 spiro atoms. The zero-order valence-electron chi connectivity index (χ0n) is 24.5. The van der Waals surface area contributed by atoms with Crippen LogP contribution in [0, 0.1) is 0 Å². The van der Waals surface area contributed by atoms with Crippen LogP contribution < -0.4 is 4.31 Å². The number of carboxylic acid groups (broad SMARTS) is 1. The van der Waals surface area contributed by atoms with E-state index in [1.165, 1.54) is 10.4 Å². The molecule has 1 N–H and O–H groups in total. The number of rotatable bonds is 17. The van der Waals surface area contributed by atoms with Crippen LogP contribution in [0.3, 0.4) is 0 Å². The summed E-state index contributed by atoms with van der Waals surface area (Å²) in [5.74, 6) is -0.442. The van der Waals surface area contributed by atoms with E-state index in [4.69, 9.17) is 4.74 Å². The normalized spacial score (nSPS) is 12.1. The summed E-state index contributed by atoms with van der Waals surface area (Å²) >= 11 is 1.58. The number of allylic oxidation sites excluding steroid dienone is 3. The van der Waals surface area contributed by atoms with Gasteiger partial charge in [-0.25, -0.2) is 8.42 Å². The molecule has 224 valence electrons. The molecule has 0 amide bonds. The lowest BCUT2D eigenvalue weighted by atomic mass is 10.1. The molecule has 0 bridgehead atoms. The summed E-state index contributed by atoms with van der Waals surface area (Å²) < 4.78 is 34.0. The Morgan fingerprint density at radius 3 is 2.36 bits per heavy atom. The van der Waals surface area contributed by atoms with Crippen molar-refractivity contribution in [1.29, 1.82) is 0 Å². The number of carbonyl (C=O) groups is 1. The molecule has 1 aromatic heterocycles. The van der Waals surface area contributed by atoms with Gasteiger partial charge in [0.25, 0.3) is 10.0 Å². The maximum absolute atomic E-state index is 13.5. The Bertz CT molecular complexity index is 1480. The highest BCUT2D eigenvalue weighted by molar-refractivity contribution is 7.96. The van der Waals surface area contributed by atoms with Crippen molar-refractivity contribution < 1.29 is 23.1 Å². The van der Waals surface area contributed by atoms with Crippen LogP contribution in [0.4, 0.5) is 5.69 Å². The highest BCUT2D eigenvalue weighted by atomic mass is 32.2. The van der Waals surface area contributed by atoms with E-state index in [9.17, 15) is 18.3 Å². The number of nitrogens with zero attached hydrogens (tertiary/aromatic N) is 2. The van der Waals surface area contributed by atoms with Crippen molar-refractivity contribution in [2.75, 3.05) is 24.0 Å². The lowest BCUT2D eigenvalue weighted by Gasteiger charge is -2.23. The van der Waals surface area contributed by atoms with Crippen molar-refractivity contribution in [2.24, 2.45) is 0 Å². The molecular weight excluding hydrogens is 569 g/mol. The summed E-state index contributed by atoms with van der Waals surface area (Å²) in [5, 5.41) is 11.5. The van der Waals surface area contributed by atoms with Gasteiger partial charge in [-0.15, -0.1) is 11.3 Å². The van der Waals surface area contributed by atoms with Gasteiger partial charge in [0, 0.05) is 24.5 Å². The summed E-state index contributed by atoms with van der Waals surface area (Å²) in [5.41, 5.74) is 3.58. The number of carboxylic acids is 1. The Hall–Kier alpha value is -3.66. The molecule has 0 aliphatic carbocycles. The van der Waals surface area contributed by atoms with Crippen LogP contribution in [-0.4, -0.2) is 44.1 Å². The number of sulfonamides is 1. The van der Waals surface area contributed by atoms with E-state index in [-0.39, 0.29) is 18.0 Å². The highest BCUT2D eigenvalue weighted by Gasteiger charge is 2.24. The molecule has 0 atom stereocenters. The van der Waals surface area contributed by atoms with Crippen molar-refractivity contribution in [2.45, 2.75) is 46.7 Å². The molecule has 3 rings (SSSR count). The smallest absolute Gasteiger partial charge is 0.317 e. The minimum atomic E-state index is -3.80. The molecule has 0 saturated heterocycles. The first-order valence-electron chi connectivity index (χ1n) is 14.0. The van der Waals surface area contributed by atoms with Crippen LogP contribution in [0.25, 0.3) is 11.1 Å². The zero-order chi connectivity index (χ0) is 30.5. The van der Waals surface area contributed by atoms with Gasteiger partial charge in [-0.3, -0.25) is 14.0 Å². The van der Waals surface area contributed by atoms with Crippen LogP contribution in [0.5, 0.6) is 0 Å². The average Bonchev–Trinajstić information content (AvgIpc) is 3.42. The topological polar surface area (TPSA) is 87.2 Å². The van der Waals surface area contributed by atoms with Crippen LogP contribution in [0.1, 0.15) is 44.1 Å². The third-order valence-electron chi connectivity index (χ3n) is 6.51. The number of anilines is 1. The second-order valence-electron chi connectivity index (χ2n) is 9.74. The predicted molar refractivity (Wildman–Crippen MR) is 173 cm³/mol. The monoisotopic (exact) mass is 608 g/mol. The number of thiophene rings is 1. The summed E-state index contributed by atoms with van der Waals surface area (Å²) in [6.07, 6.45) is 6.60. The van der Waals surface area contributed by atoms with Gasteiger partial charge in [-0.1, -0.05) is 68.5 Å². The van der Waals surface area contributed by atoms with E-state index in [0.717, 1.165) is 34.4 Å². The van der Waals surface area contributed by atoms with Crippen LogP contribution >= 0.6 is 11.3 Å². The molecule has 9 heteroatoms. The van der Waals surface area contributed by atoms with Crippen molar-refractivity contribution in [3.05, 3.63) is 112 Å². The Labute approximate surface area is 254 Å². The Balaban J connectivity index is 1.73. The van der Waals surface area contributed by atoms with Crippen molar-refractivity contribution in [3.8, 4) is 11.1 Å². The molecule has 0 aliphatic heterocycles. The summed E-state index contributed by atoms with van der Waals surface area (Å²) in [6, 6.07) is 19.3.